The van der Waals surface area contributed by atoms with Gasteiger partial charge < -0.3 is 4.74 Å². The molecule has 1 unspecified atom stereocenters. The smallest absolute Gasteiger partial charge is 0.268 e. The van der Waals surface area contributed by atoms with Gasteiger partial charge in [0.2, 0.25) is 0 Å². The summed E-state index contributed by atoms with van der Waals surface area (Å²) in [6, 6.07) is 7.97. The van der Waals surface area contributed by atoms with E-state index >= 15 is 0 Å². The third-order valence-electron chi connectivity index (χ3n) is 3.44. The molecular formula is C14H12ClIN2O2. The summed E-state index contributed by atoms with van der Waals surface area (Å²) in [5.74, 6) is 1.17. The number of fused-ring (bicyclic) bond motifs is 1. The van der Waals surface area contributed by atoms with Crippen LogP contribution in [0.5, 0.6) is 5.75 Å². The Bertz CT molecular complexity index is 702. The molecule has 6 heteroatoms. The molecule has 2 aromatic rings. The quantitative estimate of drug-likeness (QED) is 0.573. The molecule has 0 saturated carbocycles. The third kappa shape index (κ3) is 2.56. The molecular weight excluding hydrogens is 391 g/mol. The fourth-order valence-electron chi connectivity index (χ4n) is 2.42. The number of hydrogen-bond donors (Lipinski definition) is 0. The fourth-order valence-corrected chi connectivity index (χ4v) is 2.99. The van der Waals surface area contributed by atoms with E-state index in [2.05, 4.69) is 11.1 Å². The van der Waals surface area contributed by atoms with Crippen LogP contribution in [0.3, 0.4) is 0 Å². The van der Waals surface area contributed by atoms with E-state index in [0.29, 0.717) is 16.7 Å². The van der Waals surface area contributed by atoms with Gasteiger partial charge in [-0.25, -0.2) is 4.98 Å². The molecule has 3 rings (SSSR count). The standard InChI is InChI=1S/C14H12ClIN2O2/c15-13-12(16)14(19)18(8-17-13)7-9-5-6-20-11-4-2-1-3-10(9)11/h1-4,8-9H,5-7H2. The summed E-state index contributed by atoms with van der Waals surface area (Å²) >= 11 is 7.79. The Kier molecular flexibility index (Phi) is 3.98. The van der Waals surface area contributed by atoms with E-state index in [9.17, 15) is 4.79 Å². The first-order valence-corrected chi connectivity index (χ1v) is 7.74. The molecule has 2 heterocycles. The van der Waals surface area contributed by atoms with Gasteiger partial charge in [-0.15, -0.1) is 0 Å². The van der Waals surface area contributed by atoms with Crippen LogP contribution < -0.4 is 10.3 Å². The number of ether oxygens (including phenoxy) is 1. The van der Waals surface area contributed by atoms with E-state index in [1.54, 1.807) is 4.57 Å². The first kappa shape index (κ1) is 13.9. The molecule has 1 aliphatic heterocycles. The molecule has 104 valence electrons. The summed E-state index contributed by atoms with van der Waals surface area (Å²) in [5.41, 5.74) is 1.06. The Balaban J connectivity index is 1.94. The molecule has 1 atom stereocenters. The number of rotatable bonds is 2. The molecule has 1 aliphatic rings. The first-order chi connectivity index (χ1) is 9.66. The third-order valence-corrected chi connectivity index (χ3v) is 5.02. The summed E-state index contributed by atoms with van der Waals surface area (Å²) in [7, 11) is 0. The van der Waals surface area contributed by atoms with Gasteiger partial charge in [0.1, 0.15) is 14.5 Å². The second kappa shape index (κ2) is 5.73. The van der Waals surface area contributed by atoms with Crippen molar-refractivity contribution in [3.8, 4) is 5.75 Å². The summed E-state index contributed by atoms with van der Waals surface area (Å²) in [4.78, 5) is 16.2. The van der Waals surface area contributed by atoms with E-state index in [1.165, 1.54) is 6.33 Å². The van der Waals surface area contributed by atoms with Gasteiger partial charge in [0, 0.05) is 12.5 Å². The second-order valence-electron chi connectivity index (χ2n) is 4.68. The average molecular weight is 403 g/mol. The van der Waals surface area contributed by atoms with Crippen LogP contribution in [-0.4, -0.2) is 16.2 Å². The normalized spacial score (nSPS) is 17.4. The van der Waals surface area contributed by atoms with Crippen LogP contribution in [0.2, 0.25) is 5.15 Å². The average Bonchev–Trinajstić information content (AvgIpc) is 2.48. The van der Waals surface area contributed by atoms with E-state index in [4.69, 9.17) is 16.3 Å². The number of hydrogen-bond acceptors (Lipinski definition) is 3. The molecule has 0 N–H and O–H groups in total. The van der Waals surface area contributed by atoms with E-state index in [-0.39, 0.29) is 16.6 Å². The molecule has 20 heavy (non-hydrogen) atoms. The zero-order valence-electron chi connectivity index (χ0n) is 10.6. The zero-order chi connectivity index (χ0) is 14.1. The molecule has 0 radical (unpaired) electrons. The largest absolute Gasteiger partial charge is 0.493 e. The van der Waals surface area contributed by atoms with Crippen molar-refractivity contribution in [1.82, 2.24) is 9.55 Å². The molecule has 0 spiro atoms. The van der Waals surface area contributed by atoms with Crippen molar-refractivity contribution < 1.29 is 4.74 Å². The maximum atomic E-state index is 12.2. The number of aromatic nitrogens is 2. The van der Waals surface area contributed by atoms with E-state index in [1.807, 2.05) is 40.8 Å². The highest BCUT2D eigenvalue weighted by Gasteiger charge is 2.22. The van der Waals surface area contributed by atoms with Gasteiger partial charge in [-0.3, -0.25) is 9.36 Å². The van der Waals surface area contributed by atoms with Crippen molar-refractivity contribution in [2.45, 2.75) is 18.9 Å². The second-order valence-corrected chi connectivity index (χ2v) is 6.12. The number of halogens is 2. The summed E-state index contributed by atoms with van der Waals surface area (Å²) in [6.07, 6.45) is 2.41. The summed E-state index contributed by atoms with van der Waals surface area (Å²) in [5, 5.41) is 0.263. The lowest BCUT2D eigenvalue weighted by molar-refractivity contribution is 0.258. The van der Waals surface area contributed by atoms with Crippen LogP contribution in [0.15, 0.2) is 35.4 Å². The van der Waals surface area contributed by atoms with Crippen molar-refractivity contribution in [2.75, 3.05) is 6.61 Å². The summed E-state index contributed by atoms with van der Waals surface area (Å²) < 4.78 is 7.73. The van der Waals surface area contributed by atoms with Crippen LogP contribution in [0.25, 0.3) is 0 Å². The maximum Gasteiger partial charge on any atom is 0.268 e. The van der Waals surface area contributed by atoms with Crippen molar-refractivity contribution in [1.29, 1.82) is 0 Å². The Labute approximate surface area is 134 Å². The van der Waals surface area contributed by atoms with Crippen molar-refractivity contribution in [2.24, 2.45) is 0 Å². The predicted molar refractivity (Wildman–Crippen MR) is 85.5 cm³/mol. The summed E-state index contributed by atoms with van der Waals surface area (Å²) in [6.45, 7) is 1.27. The molecule has 1 aromatic carbocycles. The lowest BCUT2D eigenvalue weighted by atomic mass is 9.93. The topological polar surface area (TPSA) is 44.1 Å². The van der Waals surface area contributed by atoms with Gasteiger partial charge in [-0.05, 0) is 40.6 Å². The maximum absolute atomic E-state index is 12.2. The number of nitrogens with zero attached hydrogens (tertiary/aromatic N) is 2. The monoisotopic (exact) mass is 402 g/mol. The molecule has 1 aromatic heterocycles. The van der Waals surface area contributed by atoms with Gasteiger partial charge in [0.15, 0.2) is 0 Å². The van der Waals surface area contributed by atoms with Crippen LogP contribution in [-0.2, 0) is 6.54 Å². The van der Waals surface area contributed by atoms with Crippen LogP contribution >= 0.6 is 34.2 Å². The Morgan fingerprint density at radius 2 is 2.25 bits per heavy atom. The fraction of sp³-hybridized carbons (Fsp3) is 0.286. The zero-order valence-corrected chi connectivity index (χ0v) is 13.5. The first-order valence-electron chi connectivity index (χ1n) is 6.29. The SMILES string of the molecule is O=c1c(I)c(Cl)ncn1CC1CCOc2ccccc21. The molecule has 0 amide bonds. The van der Waals surface area contributed by atoms with Gasteiger partial charge in [0.05, 0.1) is 12.9 Å². The van der Waals surface area contributed by atoms with Crippen molar-refractivity contribution in [3.05, 3.63) is 55.2 Å². The van der Waals surface area contributed by atoms with Crippen molar-refractivity contribution >= 4 is 34.2 Å². The molecule has 0 fully saturated rings. The molecule has 0 bridgehead atoms. The molecule has 0 aliphatic carbocycles. The number of para-hydroxylation sites is 1. The van der Waals surface area contributed by atoms with Gasteiger partial charge >= 0.3 is 0 Å². The van der Waals surface area contributed by atoms with E-state index in [0.717, 1.165) is 17.7 Å². The van der Waals surface area contributed by atoms with Gasteiger partial charge in [-0.1, -0.05) is 29.8 Å². The lowest BCUT2D eigenvalue weighted by Gasteiger charge is -2.26. The highest BCUT2D eigenvalue weighted by atomic mass is 127. The van der Waals surface area contributed by atoms with E-state index < -0.39 is 0 Å². The van der Waals surface area contributed by atoms with Gasteiger partial charge in [0.25, 0.3) is 5.56 Å². The molecule has 0 saturated heterocycles. The van der Waals surface area contributed by atoms with Crippen LogP contribution in [0.4, 0.5) is 0 Å². The molecule has 4 nitrogen and oxygen atoms in total. The minimum absolute atomic E-state index is 0.0884. The van der Waals surface area contributed by atoms with Crippen LogP contribution in [0.1, 0.15) is 17.9 Å². The Hall–Kier alpha value is -1.08. The minimum Gasteiger partial charge on any atom is -0.493 e. The highest BCUT2D eigenvalue weighted by Crippen LogP contribution is 2.34. The number of benzene rings is 1. The lowest BCUT2D eigenvalue weighted by Crippen LogP contribution is -2.28. The highest BCUT2D eigenvalue weighted by molar-refractivity contribution is 14.1. The van der Waals surface area contributed by atoms with Gasteiger partial charge in [-0.2, -0.15) is 0 Å². The minimum atomic E-state index is -0.0884. The van der Waals surface area contributed by atoms with Crippen LogP contribution in [0, 0.1) is 3.57 Å². The predicted octanol–water partition coefficient (Wildman–Crippen LogP) is 3.07. The Morgan fingerprint density at radius 3 is 3.10 bits per heavy atom. The Morgan fingerprint density at radius 1 is 1.45 bits per heavy atom. The van der Waals surface area contributed by atoms with Crippen molar-refractivity contribution in [3.63, 3.8) is 0 Å².